The molecule has 2 aliphatic rings. The number of amides is 1. The predicted molar refractivity (Wildman–Crippen MR) is 54.4 cm³/mol. The van der Waals surface area contributed by atoms with E-state index in [0.717, 1.165) is 0 Å². The Morgan fingerprint density at radius 2 is 2.33 bits per heavy atom. The molecule has 2 fully saturated rings. The maximum absolute atomic E-state index is 12.1. The summed E-state index contributed by atoms with van der Waals surface area (Å²) in [6.45, 7) is 2.25. The van der Waals surface area contributed by atoms with Gasteiger partial charge in [-0.15, -0.1) is 0 Å². The Morgan fingerprint density at radius 1 is 1.53 bits per heavy atom. The van der Waals surface area contributed by atoms with E-state index in [0.29, 0.717) is 32.7 Å². The molecule has 2 heterocycles. The van der Waals surface area contributed by atoms with Crippen molar-refractivity contribution in [2.75, 3.05) is 33.4 Å². The van der Waals surface area contributed by atoms with E-state index >= 15 is 0 Å². The monoisotopic (exact) mass is 214 g/mol. The van der Waals surface area contributed by atoms with Crippen LogP contribution in [0.4, 0.5) is 0 Å². The van der Waals surface area contributed by atoms with Gasteiger partial charge in [0.05, 0.1) is 25.2 Å². The van der Waals surface area contributed by atoms with Crippen molar-refractivity contribution in [2.24, 2.45) is 5.92 Å². The van der Waals surface area contributed by atoms with Gasteiger partial charge in [0.1, 0.15) is 0 Å². The summed E-state index contributed by atoms with van der Waals surface area (Å²) in [4.78, 5) is 13.8. The van der Waals surface area contributed by atoms with Crippen LogP contribution in [-0.2, 0) is 9.53 Å². The van der Waals surface area contributed by atoms with Crippen LogP contribution in [0.2, 0.25) is 0 Å². The number of aliphatic hydroxyl groups is 1. The number of carbonyl (C=O) groups is 1. The van der Waals surface area contributed by atoms with Gasteiger partial charge in [-0.05, 0) is 13.5 Å². The number of likely N-dealkylation sites (N-methyl/N-ethyl adjacent to an activating group) is 1. The van der Waals surface area contributed by atoms with Crippen LogP contribution in [0.25, 0.3) is 0 Å². The molecule has 3 atom stereocenters. The van der Waals surface area contributed by atoms with Crippen LogP contribution in [0.5, 0.6) is 0 Å². The lowest BCUT2D eigenvalue weighted by molar-refractivity contribution is -0.135. The Bertz CT molecular complexity index is 247. The van der Waals surface area contributed by atoms with Gasteiger partial charge in [-0.1, -0.05) is 0 Å². The fraction of sp³-hybridized carbons (Fsp3) is 0.900. The molecule has 2 saturated heterocycles. The highest BCUT2D eigenvalue weighted by molar-refractivity contribution is 5.80. The first-order valence-electron chi connectivity index (χ1n) is 5.44. The summed E-state index contributed by atoms with van der Waals surface area (Å²) in [5.74, 6) is 0.0312. The highest BCUT2D eigenvalue weighted by Crippen LogP contribution is 2.19. The standard InChI is InChI=1S/C10H18N2O3/c1-11-9-6-15-5-8(9)10(14)12-3-2-7(13)4-12/h7-9,11,13H,2-6H2,1H3. The number of hydrogen-bond donors (Lipinski definition) is 2. The maximum Gasteiger partial charge on any atom is 0.229 e. The molecule has 2 rings (SSSR count). The number of likely N-dealkylation sites (tertiary alicyclic amines) is 1. The Morgan fingerprint density at radius 3 is 2.93 bits per heavy atom. The smallest absolute Gasteiger partial charge is 0.229 e. The van der Waals surface area contributed by atoms with Crippen molar-refractivity contribution in [3.63, 3.8) is 0 Å². The topological polar surface area (TPSA) is 61.8 Å². The summed E-state index contributed by atoms with van der Waals surface area (Å²) >= 11 is 0. The van der Waals surface area contributed by atoms with Gasteiger partial charge >= 0.3 is 0 Å². The first-order chi connectivity index (χ1) is 7.22. The van der Waals surface area contributed by atoms with Gasteiger partial charge in [-0.25, -0.2) is 0 Å². The summed E-state index contributed by atoms with van der Waals surface area (Å²) in [5, 5.41) is 12.5. The Balaban J connectivity index is 1.95. The number of aliphatic hydroxyl groups excluding tert-OH is 1. The molecule has 1 amide bonds. The van der Waals surface area contributed by atoms with E-state index in [4.69, 9.17) is 4.74 Å². The number of nitrogens with one attached hydrogen (secondary N) is 1. The van der Waals surface area contributed by atoms with E-state index < -0.39 is 0 Å². The molecule has 0 aromatic rings. The van der Waals surface area contributed by atoms with Crippen LogP contribution in [0, 0.1) is 5.92 Å². The van der Waals surface area contributed by atoms with Crippen LogP contribution >= 0.6 is 0 Å². The quantitative estimate of drug-likeness (QED) is 0.607. The number of nitrogens with zero attached hydrogens (tertiary/aromatic N) is 1. The Kier molecular flexibility index (Phi) is 3.23. The number of carbonyl (C=O) groups excluding carboxylic acids is 1. The fourth-order valence-electron chi connectivity index (χ4n) is 2.26. The summed E-state index contributed by atoms with van der Waals surface area (Å²) in [6.07, 6.45) is 0.355. The van der Waals surface area contributed by atoms with Crippen LogP contribution in [0.3, 0.4) is 0 Å². The lowest BCUT2D eigenvalue weighted by atomic mass is 10.0. The Hall–Kier alpha value is -0.650. The molecular weight excluding hydrogens is 196 g/mol. The highest BCUT2D eigenvalue weighted by Gasteiger charge is 2.37. The van der Waals surface area contributed by atoms with Gasteiger partial charge in [-0.2, -0.15) is 0 Å². The molecule has 2 N–H and O–H groups in total. The van der Waals surface area contributed by atoms with Crippen molar-refractivity contribution in [3.05, 3.63) is 0 Å². The zero-order valence-electron chi connectivity index (χ0n) is 8.98. The van der Waals surface area contributed by atoms with Crippen molar-refractivity contribution in [2.45, 2.75) is 18.6 Å². The summed E-state index contributed by atoms with van der Waals surface area (Å²) in [6, 6.07) is 0.121. The van der Waals surface area contributed by atoms with Crippen LogP contribution < -0.4 is 5.32 Å². The molecule has 2 aliphatic heterocycles. The van der Waals surface area contributed by atoms with E-state index in [1.165, 1.54) is 0 Å². The minimum atomic E-state index is -0.343. The second kappa shape index (κ2) is 4.47. The fourth-order valence-corrected chi connectivity index (χ4v) is 2.26. The largest absolute Gasteiger partial charge is 0.391 e. The highest BCUT2D eigenvalue weighted by atomic mass is 16.5. The van der Waals surface area contributed by atoms with Crippen molar-refractivity contribution in [3.8, 4) is 0 Å². The predicted octanol–water partition coefficient (Wildman–Crippen LogP) is -1.19. The lowest BCUT2D eigenvalue weighted by Crippen LogP contribution is -2.44. The van der Waals surface area contributed by atoms with E-state index in [1.807, 2.05) is 7.05 Å². The molecular formula is C10H18N2O3. The number of hydrogen-bond acceptors (Lipinski definition) is 4. The summed E-state index contributed by atoms with van der Waals surface area (Å²) < 4.78 is 5.30. The van der Waals surface area contributed by atoms with Gasteiger partial charge in [-0.3, -0.25) is 4.79 Å². The van der Waals surface area contributed by atoms with Crippen LogP contribution in [-0.4, -0.2) is 61.4 Å². The molecule has 0 saturated carbocycles. The van der Waals surface area contributed by atoms with Gasteiger partial charge in [0, 0.05) is 19.1 Å². The zero-order chi connectivity index (χ0) is 10.8. The van der Waals surface area contributed by atoms with Crippen molar-refractivity contribution in [1.82, 2.24) is 10.2 Å². The third-order valence-electron chi connectivity index (χ3n) is 3.24. The molecule has 3 unspecified atom stereocenters. The van der Waals surface area contributed by atoms with Crippen LogP contribution in [0.15, 0.2) is 0 Å². The molecule has 5 heteroatoms. The van der Waals surface area contributed by atoms with Crippen molar-refractivity contribution < 1.29 is 14.6 Å². The zero-order valence-corrected chi connectivity index (χ0v) is 8.98. The first kappa shape index (κ1) is 10.9. The molecule has 0 spiro atoms. The van der Waals surface area contributed by atoms with E-state index in [2.05, 4.69) is 5.32 Å². The second-order valence-electron chi connectivity index (χ2n) is 4.27. The molecule has 5 nitrogen and oxygen atoms in total. The average Bonchev–Trinajstić information content (AvgIpc) is 2.84. The van der Waals surface area contributed by atoms with E-state index in [9.17, 15) is 9.90 Å². The minimum Gasteiger partial charge on any atom is -0.391 e. The van der Waals surface area contributed by atoms with Gasteiger partial charge < -0.3 is 20.1 Å². The van der Waals surface area contributed by atoms with Crippen molar-refractivity contribution in [1.29, 1.82) is 0 Å². The molecule has 0 aliphatic carbocycles. The van der Waals surface area contributed by atoms with Gasteiger partial charge in [0.15, 0.2) is 0 Å². The lowest BCUT2D eigenvalue weighted by Gasteiger charge is -2.22. The van der Waals surface area contributed by atoms with Crippen LogP contribution in [0.1, 0.15) is 6.42 Å². The van der Waals surface area contributed by atoms with E-state index in [-0.39, 0.29) is 24.0 Å². The van der Waals surface area contributed by atoms with Crippen molar-refractivity contribution >= 4 is 5.91 Å². The van der Waals surface area contributed by atoms with Gasteiger partial charge in [0.2, 0.25) is 5.91 Å². The molecule has 0 aromatic heterocycles. The third-order valence-corrected chi connectivity index (χ3v) is 3.24. The molecule has 86 valence electrons. The normalized spacial score (nSPS) is 36.1. The summed E-state index contributed by atoms with van der Waals surface area (Å²) in [5.41, 5.74) is 0. The molecule has 0 bridgehead atoms. The first-order valence-corrected chi connectivity index (χ1v) is 5.44. The van der Waals surface area contributed by atoms with Gasteiger partial charge in [0.25, 0.3) is 0 Å². The summed E-state index contributed by atoms with van der Waals surface area (Å²) in [7, 11) is 1.85. The SMILES string of the molecule is CNC1COCC1C(=O)N1CCC(O)C1. The molecule has 0 radical (unpaired) electrons. The number of β-amino-alcohol motifs (C(OH)–C–C–N with tert-alkyl or cyclic N) is 1. The average molecular weight is 214 g/mol. The molecule has 15 heavy (non-hydrogen) atoms. The number of ether oxygens (including phenoxy) is 1. The minimum absolute atomic E-state index is 0.0831. The second-order valence-corrected chi connectivity index (χ2v) is 4.27. The van der Waals surface area contributed by atoms with E-state index in [1.54, 1.807) is 4.90 Å². The maximum atomic E-state index is 12.1. The third kappa shape index (κ3) is 2.14. The molecule has 0 aromatic carbocycles. The Labute approximate surface area is 89.4 Å². The number of rotatable bonds is 2.